The number of nitrogens with one attached hydrogen (secondary N) is 1. The fourth-order valence-electron chi connectivity index (χ4n) is 3.99. The van der Waals surface area contributed by atoms with Crippen LogP contribution < -0.4 is 11.1 Å². The zero-order valence-electron chi connectivity index (χ0n) is 14.1. The Kier molecular flexibility index (Phi) is 5.51. The van der Waals surface area contributed by atoms with Crippen LogP contribution in [0, 0.1) is 5.92 Å². The lowest BCUT2D eigenvalue weighted by Gasteiger charge is -2.33. The van der Waals surface area contributed by atoms with Crippen molar-refractivity contribution in [2.24, 2.45) is 11.7 Å². The molecule has 1 aliphatic heterocycles. The molecule has 2 atom stereocenters. The third-order valence-electron chi connectivity index (χ3n) is 5.53. The van der Waals surface area contributed by atoms with Crippen LogP contribution in [0.2, 0.25) is 0 Å². The van der Waals surface area contributed by atoms with Crippen LogP contribution in [-0.2, 0) is 16.0 Å². The number of likely N-dealkylation sites (tertiary alicyclic amines) is 1. The normalized spacial score (nSPS) is 22.5. The molecule has 1 aromatic rings. The zero-order valence-corrected chi connectivity index (χ0v) is 14.1. The van der Waals surface area contributed by atoms with Gasteiger partial charge in [-0.05, 0) is 49.1 Å². The number of rotatable bonds is 5. The van der Waals surface area contributed by atoms with E-state index in [0.717, 1.165) is 51.6 Å². The molecule has 3 rings (SSSR count). The summed E-state index contributed by atoms with van der Waals surface area (Å²) in [4.78, 5) is 25.2. The lowest BCUT2D eigenvalue weighted by atomic mass is 9.82. The van der Waals surface area contributed by atoms with Crippen LogP contribution in [0.4, 0.5) is 0 Å². The Morgan fingerprint density at radius 2 is 2.04 bits per heavy atom. The van der Waals surface area contributed by atoms with E-state index in [4.69, 9.17) is 5.73 Å². The molecule has 1 saturated heterocycles. The van der Waals surface area contributed by atoms with Gasteiger partial charge in [0.1, 0.15) is 0 Å². The minimum absolute atomic E-state index is 0.0402. The number of carbonyl (C=O) groups is 2. The first kappa shape index (κ1) is 17.0. The Morgan fingerprint density at radius 3 is 2.79 bits per heavy atom. The predicted molar refractivity (Wildman–Crippen MR) is 93.5 cm³/mol. The van der Waals surface area contributed by atoms with Gasteiger partial charge in [0.25, 0.3) is 0 Å². The smallest absolute Gasteiger partial charge is 0.227 e. The quantitative estimate of drug-likeness (QED) is 0.802. The van der Waals surface area contributed by atoms with Crippen molar-refractivity contribution in [2.75, 3.05) is 19.6 Å². The van der Waals surface area contributed by atoms with Crippen molar-refractivity contribution in [2.45, 2.75) is 44.1 Å². The fraction of sp³-hybridized carbons (Fsp3) is 0.579. The summed E-state index contributed by atoms with van der Waals surface area (Å²) in [6, 6.07) is 8.22. The minimum atomic E-state index is -0.0425. The van der Waals surface area contributed by atoms with E-state index in [9.17, 15) is 9.59 Å². The van der Waals surface area contributed by atoms with Gasteiger partial charge in [-0.1, -0.05) is 24.3 Å². The maximum atomic E-state index is 12.6. The molecule has 0 spiro atoms. The number of aryl methyl sites for hydroxylation is 1. The summed E-state index contributed by atoms with van der Waals surface area (Å²) in [6.07, 6.45) is 5.78. The topological polar surface area (TPSA) is 75.4 Å². The van der Waals surface area contributed by atoms with Gasteiger partial charge >= 0.3 is 0 Å². The number of hydrogen-bond acceptors (Lipinski definition) is 3. The van der Waals surface area contributed by atoms with Crippen LogP contribution in [-0.4, -0.2) is 42.9 Å². The van der Waals surface area contributed by atoms with Crippen LogP contribution in [0.15, 0.2) is 24.3 Å². The Balaban J connectivity index is 1.52. The predicted octanol–water partition coefficient (Wildman–Crippen LogP) is 1.42. The molecule has 3 N–H and O–H groups in total. The van der Waals surface area contributed by atoms with E-state index in [1.54, 1.807) is 4.90 Å². The summed E-state index contributed by atoms with van der Waals surface area (Å²) in [5.74, 6) is 0.433. The molecule has 2 unspecified atom stereocenters. The first-order chi connectivity index (χ1) is 11.7. The number of nitrogens with two attached hydrogens (primary N) is 1. The van der Waals surface area contributed by atoms with Crippen LogP contribution in [0.5, 0.6) is 0 Å². The second-order valence-electron chi connectivity index (χ2n) is 7.03. The molecule has 2 aliphatic rings. The maximum Gasteiger partial charge on any atom is 0.227 e. The minimum Gasteiger partial charge on any atom is -0.354 e. The standard InChI is InChI=1S/C19H27N3O2/c20-18(15-8-10-22(13-23)11-9-15)12-21-19(24)17-7-3-5-14-4-1-2-6-16(14)17/h1-2,4,6,13,15,17-18H,3,5,7-12,20H2,(H,21,24). The van der Waals surface area contributed by atoms with Gasteiger partial charge in [-0.15, -0.1) is 0 Å². The van der Waals surface area contributed by atoms with Gasteiger partial charge in [-0.25, -0.2) is 0 Å². The third-order valence-corrected chi connectivity index (χ3v) is 5.53. The highest BCUT2D eigenvalue weighted by Gasteiger charge is 2.28. The molecule has 0 saturated carbocycles. The molecule has 1 aromatic carbocycles. The number of nitrogens with zero attached hydrogens (tertiary/aromatic N) is 1. The Labute approximate surface area is 143 Å². The first-order valence-electron chi connectivity index (χ1n) is 8.99. The SMILES string of the molecule is NC(CNC(=O)C1CCCc2ccccc21)C1CCN(C=O)CC1. The van der Waals surface area contributed by atoms with E-state index < -0.39 is 0 Å². The number of amides is 2. The Morgan fingerprint density at radius 1 is 1.29 bits per heavy atom. The van der Waals surface area contributed by atoms with Gasteiger partial charge in [0.15, 0.2) is 0 Å². The zero-order chi connectivity index (χ0) is 16.9. The third kappa shape index (κ3) is 3.78. The van der Waals surface area contributed by atoms with Crippen molar-refractivity contribution in [3.05, 3.63) is 35.4 Å². The molecule has 0 bridgehead atoms. The molecule has 24 heavy (non-hydrogen) atoms. The summed E-state index contributed by atoms with van der Waals surface area (Å²) in [6.45, 7) is 2.06. The number of benzene rings is 1. The van der Waals surface area contributed by atoms with Crippen LogP contribution in [0.1, 0.15) is 42.7 Å². The summed E-state index contributed by atoms with van der Waals surface area (Å²) in [7, 11) is 0. The highest BCUT2D eigenvalue weighted by atomic mass is 16.2. The lowest BCUT2D eigenvalue weighted by molar-refractivity contribution is -0.123. The van der Waals surface area contributed by atoms with Crippen molar-refractivity contribution < 1.29 is 9.59 Å². The maximum absolute atomic E-state index is 12.6. The molecule has 5 heteroatoms. The number of carbonyl (C=O) groups excluding carboxylic acids is 2. The van der Waals surface area contributed by atoms with Gasteiger partial charge < -0.3 is 16.0 Å². The largest absolute Gasteiger partial charge is 0.354 e. The molecule has 1 aliphatic carbocycles. The second-order valence-corrected chi connectivity index (χ2v) is 7.03. The van der Waals surface area contributed by atoms with Crippen LogP contribution >= 0.6 is 0 Å². The number of piperidine rings is 1. The molecular weight excluding hydrogens is 302 g/mol. The average Bonchev–Trinajstić information content (AvgIpc) is 2.65. The first-order valence-corrected chi connectivity index (χ1v) is 8.99. The van der Waals surface area contributed by atoms with Crippen molar-refractivity contribution in [1.82, 2.24) is 10.2 Å². The molecule has 2 amide bonds. The average molecular weight is 329 g/mol. The van der Waals surface area contributed by atoms with E-state index in [1.165, 1.54) is 11.1 Å². The van der Waals surface area contributed by atoms with Gasteiger partial charge in [-0.3, -0.25) is 9.59 Å². The van der Waals surface area contributed by atoms with Gasteiger partial charge in [0.2, 0.25) is 12.3 Å². The lowest BCUT2D eigenvalue weighted by Crippen LogP contribution is -2.47. The molecular formula is C19H27N3O2. The van der Waals surface area contributed by atoms with Crippen molar-refractivity contribution in [3.8, 4) is 0 Å². The van der Waals surface area contributed by atoms with Crippen molar-refractivity contribution >= 4 is 12.3 Å². The van der Waals surface area contributed by atoms with Gasteiger partial charge in [0.05, 0.1) is 5.92 Å². The summed E-state index contributed by atoms with van der Waals surface area (Å²) in [5.41, 5.74) is 8.76. The summed E-state index contributed by atoms with van der Waals surface area (Å²) in [5, 5.41) is 3.07. The van der Waals surface area contributed by atoms with Crippen molar-refractivity contribution in [1.29, 1.82) is 0 Å². The Hall–Kier alpha value is -1.88. The molecule has 1 fully saturated rings. The van der Waals surface area contributed by atoms with Crippen LogP contribution in [0.25, 0.3) is 0 Å². The molecule has 5 nitrogen and oxygen atoms in total. The van der Waals surface area contributed by atoms with Crippen LogP contribution in [0.3, 0.4) is 0 Å². The highest BCUT2D eigenvalue weighted by Crippen LogP contribution is 2.31. The molecule has 0 aromatic heterocycles. The van der Waals surface area contributed by atoms with E-state index in [0.29, 0.717) is 12.5 Å². The highest BCUT2D eigenvalue weighted by molar-refractivity contribution is 5.84. The van der Waals surface area contributed by atoms with Gasteiger partial charge in [-0.2, -0.15) is 0 Å². The number of fused-ring (bicyclic) bond motifs is 1. The van der Waals surface area contributed by atoms with E-state index in [2.05, 4.69) is 17.4 Å². The second kappa shape index (κ2) is 7.79. The Bertz CT molecular complexity index is 582. The van der Waals surface area contributed by atoms with E-state index >= 15 is 0 Å². The summed E-state index contributed by atoms with van der Waals surface area (Å²) < 4.78 is 0. The summed E-state index contributed by atoms with van der Waals surface area (Å²) >= 11 is 0. The molecule has 1 heterocycles. The van der Waals surface area contributed by atoms with Gasteiger partial charge in [0, 0.05) is 25.7 Å². The van der Waals surface area contributed by atoms with E-state index in [1.807, 2.05) is 12.1 Å². The number of hydrogen-bond donors (Lipinski definition) is 2. The van der Waals surface area contributed by atoms with E-state index in [-0.39, 0.29) is 17.9 Å². The monoisotopic (exact) mass is 329 g/mol. The molecule has 0 radical (unpaired) electrons. The fourth-order valence-corrected chi connectivity index (χ4v) is 3.99. The van der Waals surface area contributed by atoms with Crippen molar-refractivity contribution in [3.63, 3.8) is 0 Å². The molecule has 130 valence electrons.